The average molecular weight is 296 g/mol. The molecule has 2 rings (SSSR count). The van der Waals surface area contributed by atoms with Crippen molar-refractivity contribution in [3.8, 4) is 5.75 Å². The van der Waals surface area contributed by atoms with Crippen LogP contribution in [0.1, 0.15) is 18.2 Å². The number of nitrogen functional groups attached to an aromatic ring is 1. The molecule has 0 bridgehead atoms. The van der Waals surface area contributed by atoms with Crippen LogP contribution in [-0.4, -0.2) is 25.7 Å². The zero-order chi connectivity index (χ0) is 14.9. The Labute approximate surface area is 117 Å². The second-order valence-electron chi connectivity index (χ2n) is 3.94. The van der Waals surface area contributed by atoms with Crippen molar-refractivity contribution in [3.63, 3.8) is 0 Å². The summed E-state index contributed by atoms with van der Waals surface area (Å²) < 4.78 is 6.18. The zero-order valence-corrected chi connectivity index (χ0v) is 11.5. The molecule has 0 aromatic carbocycles. The van der Waals surface area contributed by atoms with Gasteiger partial charge in [0.25, 0.3) is 5.95 Å². The molecule has 20 heavy (non-hydrogen) atoms. The standard InChI is InChI=1S/C10H12N6O3S/c1-4-3-6(17)7(8(18)19-4)5(2)12-13-9-14-15-10(20)16(9)11/h3,17H,11H2,1-2H3,(H,13,14)(H,15,20)/b12-5+. The van der Waals surface area contributed by atoms with Crippen LogP contribution in [0.4, 0.5) is 5.95 Å². The van der Waals surface area contributed by atoms with Crippen LogP contribution in [0.5, 0.6) is 5.75 Å². The third-order valence-corrected chi connectivity index (χ3v) is 2.73. The number of hydrazone groups is 1. The number of aromatic amines is 1. The number of nitrogens with two attached hydrogens (primary N) is 1. The van der Waals surface area contributed by atoms with Gasteiger partial charge in [-0.15, -0.1) is 5.10 Å². The van der Waals surface area contributed by atoms with Crippen molar-refractivity contribution in [2.75, 3.05) is 11.3 Å². The summed E-state index contributed by atoms with van der Waals surface area (Å²) in [5.74, 6) is 5.81. The Morgan fingerprint density at radius 3 is 2.95 bits per heavy atom. The molecule has 0 spiro atoms. The quantitative estimate of drug-likeness (QED) is 0.279. The highest BCUT2D eigenvalue weighted by Gasteiger charge is 2.13. The van der Waals surface area contributed by atoms with E-state index in [9.17, 15) is 9.90 Å². The van der Waals surface area contributed by atoms with Gasteiger partial charge in [0.15, 0.2) is 0 Å². The molecule has 0 radical (unpaired) electrons. The number of aromatic hydroxyl groups is 1. The Balaban J connectivity index is 2.34. The maximum atomic E-state index is 11.7. The first kappa shape index (κ1) is 13.8. The largest absolute Gasteiger partial charge is 0.507 e. The Kier molecular flexibility index (Phi) is 3.57. The van der Waals surface area contributed by atoms with Crippen LogP contribution < -0.4 is 16.9 Å². The maximum Gasteiger partial charge on any atom is 0.348 e. The van der Waals surface area contributed by atoms with Crippen molar-refractivity contribution in [2.45, 2.75) is 13.8 Å². The van der Waals surface area contributed by atoms with E-state index in [1.807, 2.05) is 0 Å². The summed E-state index contributed by atoms with van der Waals surface area (Å²) in [4.78, 5) is 11.7. The third-order valence-electron chi connectivity index (χ3n) is 2.44. The average Bonchev–Trinajstić information content (AvgIpc) is 2.66. The number of rotatable bonds is 3. The number of nitrogens with zero attached hydrogens (tertiary/aromatic N) is 3. The van der Waals surface area contributed by atoms with E-state index in [4.69, 9.17) is 22.5 Å². The summed E-state index contributed by atoms with van der Waals surface area (Å²) in [5.41, 5.74) is 2.02. The SMILES string of the molecule is C/C(=N\Nc1n[nH]c(=S)n1N)c1c(O)cc(C)oc1=O. The van der Waals surface area contributed by atoms with Crippen molar-refractivity contribution in [2.24, 2.45) is 5.10 Å². The summed E-state index contributed by atoms with van der Waals surface area (Å²) in [5, 5.41) is 19.9. The molecule has 0 aliphatic heterocycles. The minimum absolute atomic E-state index is 0.0409. The van der Waals surface area contributed by atoms with E-state index in [0.29, 0.717) is 5.76 Å². The summed E-state index contributed by atoms with van der Waals surface area (Å²) in [6, 6.07) is 1.33. The first-order valence-electron chi connectivity index (χ1n) is 5.47. The molecule has 2 heterocycles. The van der Waals surface area contributed by atoms with Gasteiger partial charge in [0.05, 0.1) is 5.71 Å². The lowest BCUT2D eigenvalue weighted by Gasteiger charge is -2.04. The Morgan fingerprint density at radius 2 is 2.40 bits per heavy atom. The number of hydrogen-bond acceptors (Lipinski definition) is 8. The van der Waals surface area contributed by atoms with Crippen LogP contribution in [0.2, 0.25) is 0 Å². The number of aryl methyl sites for hydroxylation is 1. The number of aromatic nitrogens is 3. The molecule has 106 valence electrons. The highest BCUT2D eigenvalue weighted by molar-refractivity contribution is 7.71. The molecular weight excluding hydrogens is 284 g/mol. The number of anilines is 1. The van der Waals surface area contributed by atoms with E-state index >= 15 is 0 Å². The third kappa shape index (κ3) is 2.54. The van der Waals surface area contributed by atoms with Crippen molar-refractivity contribution >= 4 is 23.9 Å². The molecule has 0 amide bonds. The van der Waals surface area contributed by atoms with Crippen molar-refractivity contribution in [1.29, 1.82) is 0 Å². The van der Waals surface area contributed by atoms with Gasteiger partial charge in [-0.25, -0.2) is 15.3 Å². The second-order valence-corrected chi connectivity index (χ2v) is 4.32. The maximum absolute atomic E-state index is 11.7. The van der Waals surface area contributed by atoms with Gasteiger partial charge in [-0.2, -0.15) is 9.78 Å². The van der Waals surface area contributed by atoms with Gasteiger partial charge in [0, 0.05) is 6.07 Å². The Hall–Kier alpha value is -2.62. The highest BCUT2D eigenvalue weighted by Crippen LogP contribution is 2.15. The first-order chi connectivity index (χ1) is 9.40. The van der Waals surface area contributed by atoms with Crippen molar-refractivity contribution < 1.29 is 9.52 Å². The van der Waals surface area contributed by atoms with E-state index in [0.717, 1.165) is 4.68 Å². The molecular formula is C10H12N6O3S. The molecule has 0 atom stereocenters. The van der Waals surface area contributed by atoms with Gasteiger partial charge in [-0.3, -0.25) is 0 Å². The normalized spacial score (nSPS) is 11.6. The Bertz CT molecular complexity index is 787. The molecule has 0 aliphatic rings. The van der Waals surface area contributed by atoms with Gasteiger partial charge >= 0.3 is 5.63 Å². The molecule has 0 unspecified atom stereocenters. The van der Waals surface area contributed by atoms with Crippen LogP contribution in [-0.2, 0) is 0 Å². The molecule has 0 fully saturated rings. The van der Waals surface area contributed by atoms with Crippen LogP contribution in [0.3, 0.4) is 0 Å². The highest BCUT2D eigenvalue weighted by atomic mass is 32.1. The minimum atomic E-state index is -0.683. The zero-order valence-electron chi connectivity index (χ0n) is 10.7. The van der Waals surface area contributed by atoms with E-state index in [1.54, 1.807) is 6.92 Å². The first-order valence-corrected chi connectivity index (χ1v) is 5.88. The van der Waals surface area contributed by atoms with E-state index < -0.39 is 5.63 Å². The van der Waals surface area contributed by atoms with E-state index in [-0.39, 0.29) is 27.7 Å². The lowest BCUT2D eigenvalue weighted by atomic mass is 10.2. The number of nitrogens with one attached hydrogen (secondary N) is 2. The van der Waals surface area contributed by atoms with Gasteiger partial charge in [-0.05, 0) is 26.1 Å². The minimum Gasteiger partial charge on any atom is -0.507 e. The molecule has 10 heteroatoms. The smallest absolute Gasteiger partial charge is 0.348 e. The van der Waals surface area contributed by atoms with Crippen LogP contribution in [0, 0.1) is 11.7 Å². The molecule has 9 nitrogen and oxygen atoms in total. The van der Waals surface area contributed by atoms with Crippen LogP contribution in [0.25, 0.3) is 0 Å². The molecule has 5 N–H and O–H groups in total. The predicted molar refractivity (Wildman–Crippen MR) is 74.8 cm³/mol. The van der Waals surface area contributed by atoms with Crippen LogP contribution >= 0.6 is 12.2 Å². The topological polar surface area (TPSA) is 134 Å². The van der Waals surface area contributed by atoms with E-state index in [2.05, 4.69) is 20.7 Å². The Morgan fingerprint density at radius 1 is 1.70 bits per heavy atom. The number of H-pyrrole nitrogens is 1. The summed E-state index contributed by atoms with van der Waals surface area (Å²) >= 11 is 4.83. The monoisotopic (exact) mass is 296 g/mol. The van der Waals surface area contributed by atoms with Crippen LogP contribution in [0.15, 0.2) is 20.4 Å². The molecule has 0 saturated heterocycles. The van der Waals surface area contributed by atoms with E-state index in [1.165, 1.54) is 13.0 Å². The summed E-state index contributed by atoms with van der Waals surface area (Å²) in [6.45, 7) is 3.08. The van der Waals surface area contributed by atoms with Crippen molar-refractivity contribution in [1.82, 2.24) is 14.9 Å². The molecule has 2 aromatic rings. The molecule has 2 aromatic heterocycles. The fourth-order valence-electron chi connectivity index (χ4n) is 1.50. The fraction of sp³-hybridized carbons (Fsp3) is 0.200. The van der Waals surface area contributed by atoms with Gasteiger partial charge in [0.1, 0.15) is 17.1 Å². The lowest BCUT2D eigenvalue weighted by Crippen LogP contribution is -2.16. The fourth-order valence-corrected chi connectivity index (χ4v) is 1.63. The van der Waals surface area contributed by atoms with Gasteiger partial charge in [0.2, 0.25) is 4.77 Å². The van der Waals surface area contributed by atoms with Crippen molar-refractivity contribution in [3.05, 3.63) is 32.6 Å². The van der Waals surface area contributed by atoms with Gasteiger partial charge in [-0.1, -0.05) is 0 Å². The molecule has 0 saturated carbocycles. The second kappa shape index (κ2) is 5.17. The summed E-state index contributed by atoms with van der Waals surface area (Å²) in [7, 11) is 0. The lowest BCUT2D eigenvalue weighted by molar-refractivity contribution is 0.432. The van der Waals surface area contributed by atoms with Gasteiger partial charge < -0.3 is 15.4 Å². The molecule has 0 aliphatic carbocycles. The predicted octanol–water partition coefficient (Wildman–Crippen LogP) is 0.458. The number of hydrogen-bond donors (Lipinski definition) is 4. The summed E-state index contributed by atoms with van der Waals surface area (Å²) in [6.07, 6.45) is 0.